The summed E-state index contributed by atoms with van der Waals surface area (Å²) < 4.78 is 23.5. The van der Waals surface area contributed by atoms with Crippen LogP contribution in [0.15, 0.2) is 59.5 Å². The first-order chi connectivity index (χ1) is 19.2. The first kappa shape index (κ1) is 30.1. The molecule has 41 heavy (non-hydrogen) atoms. The van der Waals surface area contributed by atoms with E-state index in [0.29, 0.717) is 41.5 Å². The van der Waals surface area contributed by atoms with Crippen molar-refractivity contribution >= 4 is 34.1 Å². The number of benzene rings is 2. The topological polar surface area (TPSA) is 78.0 Å². The van der Waals surface area contributed by atoms with Crippen LogP contribution in [0.4, 0.5) is 0 Å². The number of carbonyl (C=O) groups is 2. The van der Waals surface area contributed by atoms with Crippen molar-refractivity contribution in [1.29, 1.82) is 0 Å². The molecule has 0 bridgehead atoms. The summed E-state index contributed by atoms with van der Waals surface area (Å²) in [5, 5.41) is 0. The summed E-state index contributed by atoms with van der Waals surface area (Å²) in [5.74, 6) is 1.95. The molecule has 4 aliphatic rings. The van der Waals surface area contributed by atoms with Crippen LogP contribution in [0.3, 0.4) is 0 Å². The van der Waals surface area contributed by atoms with E-state index in [1.165, 1.54) is 24.7 Å². The van der Waals surface area contributed by atoms with E-state index in [1.54, 1.807) is 12.1 Å². The van der Waals surface area contributed by atoms with Crippen molar-refractivity contribution in [3.05, 3.63) is 65.7 Å². The molecule has 0 aromatic heterocycles. The molecule has 9 heteroatoms. The number of hydrogen-bond acceptors (Lipinski definition) is 5. The Hall–Kier alpha value is -2.42. The van der Waals surface area contributed by atoms with Gasteiger partial charge in [0.25, 0.3) is 0 Å². The number of amides is 2. The molecular weight excluding hydrogens is 558 g/mol. The Morgan fingerprint density at radius 1 is 0.927 bits per heavy atom. The van der Waals surface area contributed by atoms with Gasteiger partial charge in [-0.2, -0.15) is 0 Å². The second kappa shape index (κ2) is 12.1. The maximum atomic E-state index is 13.6. The molecule has 3 saturated heterocycles. The maximum absolute atomic E-state index is 13.6. The minimum atomic E-state index is -3.23. The fraction of sp³-hybridized carbons (Fsp3) is 0.562. The summed E-state index contributed by atoms with van der Waals surface area (Å²) in [6.45, 7) is 5.72. The minimum Gasteiger partial charge on any atom is -0.342 e. The quantitative estimate of drug-likeness (QED) is 0.450. The second-order valence-corrected chi connectivity index (χ2v) is 14.7. The summed E-state index contributed by atoms with van der Waals surface area (Å²) >= 11 is 0. The fourth-order valence-corrected chi connectivity index (χ4v) is 7.73. The van der Waals surface area contributed by atoms with Gasteiger partial charge in [0.1, 0.15) is 0 Å². The molecule has 4 fully saturated rings. The lowest BCUT2D eigenvalue weighted by atomic mass is 9.76. The SMILES string of the molecule is CS(=O)(=O)c1ccc(CN2CCC3(CCN(CC4CN(C(=O)CC5CC5)CC4c4ccccc4)CC3)C2=O)cc1.Cl. The number of likely N-dealkylation sites (tertiary alicyclic amines) is 3. The Kier molecular flexibility index (Phi) is 8.84. The summed E-state index contributed by atoms with van der Waals surface area (Å²) in [6, 6.07) is 17.6. The molecule has 0 N–H and O–H groups in total. The molecule has 7 nitrogen and oxygen atoms in total. The van der Waals surface area contributed by atoms with Crippen molar-refractivity contribution in [2.75, 3.05) is 45.5 Å². The number of hydrogen-bond donors (Lipinski definition) is 0. The molecule has 6 rings (SSSR count). The van der Waals surface area contributed by atoms with Crippen molar-refractivity contribution < 1.29 is 18.0 Å². The molecule has 2 unspecified atom stereocenters. The van der Waals surface area contributed by atoms with Gasteiger partial charge in [-0.05, 0) is 80.3 Å². The van der Waals surface area contributed by atoms with Crippen LogP contribution in [0.2, 0.25) is 0 Å². The van der Waals surface area contributed by atoms with Gasteiger partial charge in [-0.15, -0.1) is 12.4 Å². The van der Waals surface area contributed by atoms with Gasteiger partial charge in [0.05, 0.1) is 10.3 Å². The highest BCUT2D eigenvalue weighted by Gasteiger charge is 2.48. The largest absolute Gasteiger partial charge is 0.342 e. The molecule has 2 atom stereocenters. The van der Waals surface area contributed by atoms with Crippen LogP contribution in [-0.2, 0) is 26.0 Å². The normalized spacial score (nSPS) is 24.6. The van der Waals surface area contributed by atoms with Gasteiger partial charge >= 0.3 is 0 Å². The van der Waals surface area contributed by atoms with Gasteiger partial charge < -0.3 is 14.7 Å². The number of carbonyl (C=O) groups excluding carboxylic acids is 2. The third-order valence-electron chi connectivity index (χ3n) is 9.81. The van der Waals surface area contributed by atoms with Crippen LogP contribution >= 0.6 is 12.4 Å². The van der Waals surface area contributed by atoms with E-state index >= 15 is 0 Å². The number of sulfone groups is 1. The van der Waals surface area contributed by atoms with Crippen LogP contribution in [0.25, 0.3) is 0 Å². The van der Waals surface area contributed by atoms with Crippen LogP contribution in [0.5, 0.6) is 0 Å². The second-order valence-electron chi connectivity index (χ2n) is 12.7. The molecule has 0 radical (unpaired) electrons. The van der Waals surface area contributed by atoms with E-state index in [2.05, 4.69) is 40.1 Å². The highest BCUT2D eigenvalue weighted by molar-refractivity contribution is 7.90. The van der Waals surface area contributed by atoms with Crippen molar-refractivity contribution in [2.24, 2.45) is 17.3 Å². The lowest BCUT2D eigenvalue weighted by Crippen LogP contribution is -2.46. The van der Waals surface area contributed by atoms with E-state index in [0.717, 1.165) is 64.1 Å². The number of piperidine rings is 1. The summed E-state index contributed by atoms with van der Waals surface area (Å²) in [5.41, 5.74) is 2.02. The van der Waals surface area contributed by atoms with Gasteiger partial charge in [0, 0.05) is 51.3 Å². The number of nitrogens with zero attached hydrogens (tertiary/aromatic N) is 3. The van der Waals surface area contributed by atoms with E-state index in [4.69, 9.17) is 0 Å². The van der Waals surface area contributed by atoms with Crippen molar-refractivity contribution in [3.8, 4) is 0 Å². The predicted octanol–water partition coefficient (Wildman–Crippen LogP) is 4.37. The lowest BCUT2D eigenvalue weighted by molar-refractivity contribution is -0.139. The zero-order valence-electron chi connectivity index (χ0n) is 23.9. The molecule has 2 amide bonds. The van der Waals surface area contributed by atoms with E-state index in [1.807, 2.05) is 17.0 Å². The summed E-state index contributed by atoms with van der Waals surface area (Å²) in [4.78, 5) is 33.5. The first-order valence-corrected chi connectivity index (χ1v) is 16.7. The molecule has 3 aliphatic heterocycles. The van der Waals surface area contributed by atoms with E-state index < -0.39 is 9.84 Å². The third-order valence-corrected chi connectivity index (χ3v) is 10.9. The van der Waals surface area contributed by atoms with E-state index in [9.17, 15) is 18.0 Å². The molecular formula is C32H42ClN3O4S. The van der Waals surface area contributed by atoms with Crippen LogP contribution in [0, 0.1) is 17.3 Å². The van der Waals surface area contributed by atoms with Gasteiger partial charge in [-0.1, -0.05) is 42.5 Å². The molecule has 1 aliphatic carbocycles. The smallest absolute Gasteiger partial charge is 0.229 e. The lowest BCUT2D eigenvalue weighted by Gasteiger charge is -2.39. The maximum Gasteiger partial charge on any atom is 0.229 e. The van der Waals surface area contributed by atoms with Crippen molar-refractivity contribution in [2.45, 2.75) is 55.9 Å². The molecule has 2 aromatic carbocycles. The van der Waals surface area contributed by atoms with E-state index in [-0.39, 0.29) is 23.7 Å². The number of halogens is 1. The summed E-state index contributed by atoms with van der Waals surface area (Å²) in [6.07, 6.45) is 6.96. The monoisotopic (exact) mass is 599 g/mol. The Morgan fingerprint density at radius 3 is 2.22 bits per heavy atom. The molecule has 1 saturated carbocycles. The zero-order valence-corrected chi connectivity index (χ0v) is 25.5. The predicted molar refractivity (Wildman–Crippen MR) is 162 cm³/mol. The minimum absolute atomic E-state index is 0. The van der Waals surface area contributed by atoms with Crippen LogP contribution in [-0.4, -0.2) is 80.5 Å². The first-order valence-electron chi connectivity index (χ1n) is 14.8. The van der Waals surface area contributed by atoms with Crippen LogP contribution < -0.4 is 0 Å². The average molecular weight is 600 g/mol. The Labute approximate surface area is 250 Å². The van der Waals surface area contributed by atoms with Crippen molar-refractivity contribution in [1.82, 2.24) is 14.7 Å². The van der Waals surface area contributed by atoms with Gasteiger partial charge in [0.2, 0.25) is 11.8 Å². The average Bonchev–Trinajstić information content (AvgIpc) is 3.59. The van der Waals surface area contributed by atoms with Gasteiger partial charge in [-0.3, -0.25) is 9.59 Å². The highest BCUT2D eigenvalue weighted by atomic mass is 35.5. The number of rotatable bonds is 8. The Balaban J connectivity index is 0.00000337. The third kappa shape index (κ3) is 6.65. The Morgan fingerprint density at radius 2 is 1.59 bits per heavy atom. The van der Waals surface area contributed by atoms with Gasteiger partial charge in [0.15, 0.2) is 9.84 Å². The fourth-order valence-electron chi connectivity index (χ4n) is 7.10. The molecule has 1 spiro atoms. The Bertz CT molecular complexity index is 1340. The standard InChI is InChI=1S/C32H41N3O4S.ClH/c1-40(38,39)28-11-9-25(10-12-28)20-34-18-15-32(31(34)37)13-16-33(17-14-32)21-27-22-35(30(36)19-24-7-8-24)23-29(27)26-5-3-2-4-6-26;/h2-6,9-12,24,27,29H,7-8,13-23H2,1H3;1H. The van der Waals surface area contributed by atoms with Gasteiger partial charge in [-0.25, -0.2) is 8.42 Å². The van der Waals surface area contributed by atoms with Crippen LogP contribution in [0.1, 0.15) is 55.6 Å². The molecule has 222 valence electrons. The molecule has 3 heterocycles. The van der Waals surface area contributed by atoms with Crippen molar-refractivity contribution in [3.63, 3.8) is 0 Å². The zero-order chi connectivity index (χ0) is 27.9. The molecule has 2 aromatic rings. The summed E-state index contributed by atoms with van der Waals surface area (Å²) in [7, 11) is -3.23. The highest BCUT2D eigenvalue weighted by Crippen LogP contribution is 2.43.